The Bertz CT molecular complexity index is 600. The number of nitrogens with zero attached hydrogens (tertiary/aromatic N) is 1. The number of halogens is 4. The number of pyridine rings is 1. The van der Waals surface area contributed by atoms with Crippen LogP contribution in [-0.2, 0) is 12.7 Å². The molecule has 0 spiro atoms. The van der Waals surface area contributed by atoms with Crippen molar-refractivity contribution in [2.24, 2.45) is 5.73 Å². The summed E-state index contributed by atoms with van der Waals surface area (Å²) in [6.45, 7) is 0.0627. The molecule has 0 aliphatic rings. The number of aromatic nitrogens is 1. The minimum Gasteiger partial charge on any atom is -0.326 e. The van der Waals surface area contributed by atoms with E-state index in [1.807, 2.05) is 0 Å². The van der Waals surface area contributed by atoms with Gasteiger partial charge in [0.2, 0.25) is 0 Å². The van der Waals surface area contributed by atoms with E-state index < -0.39 is 11.7 Å². The van der Waals surface area contributed by atoms with E-state index in [4.69, 9.17) is 17.3 Å². The highest BCUT2D eigenvalue weighted by molar-refractivity contribution is 7.99. The van der Waals surface area contributed by atoms with Gasteiger partial charge in [0.1, 0.15) is 5.03 Å². The summed E-state index contributed by atoms with van der Waals surface area (Å²) in [6.07, 6.45) is -3.04. The molecule has 0 saturated heterocycles. The molecule has 0 fully saturated rings. The van der Waals surface area contributed by atoms with Gasteiger partial charge in [0, 0.05) is 17.6 Å². The van der Waals surface area contributed by atoms with Crippen LogP contribution in [0.2, 0.25) is 5.02 Å². The molecule has 0 bridgehead atoms. The molecule has 0 amide bonds. The molecule has 20 heavy (non-hydrogen) atoms. The summed E-state index contributed by atoms with van der Waals surface area (Å²) in [7, 11) is 0. The van der Waals surface area contributed by atoms with Crippen molar-refractivity contribution in [2.45, 2.75) is 22.6 Å². The van der Waals surface area contributed by atoms with E-state index in [0.717, 1.165) is 17.8 Å². The summed E-state index contributed by atoms with van der Waals surface area (Å²) < 4.78 is 39.1. The number of benzene rings is 1. The van der Waals surface area contributed by atoms with Gasteiger partial charge >= 0.3 is 6.18 Å². The lowest BCUT2D eigenvalue weighted by atomic mass is 10.1. The molecular weight excluding hydrogens is 309 g/mol. The van der Waals surface area contributed by atoms with E-state index in [2.05, 4.69) is 4.98 Å². The molecule has 0 radical (unpaired) electrons. The minimum atomic E-state index is -4.43. The van der Waals surface area contributed by atoms with Crippen LogP contribution in [-0.4, -0.2) is 4.98 Å². The van der Waals surface area contributed by atoms with Gasteiger partial charge in [0.05, 0.1) is 10.6 Å². The fraction of sp³-hybridized carbons (Fsp3) is 0.154. The Kier molecular flexibility index (Phi) is 4.57. The number of rotatable bonds is 3. The number of nitrogens with two attached hydrogens (primary N) is 1. The van der Waals surface area contributed by atoms with Crippen LogP contribution in [0.5, 0.6) is 0 Å². The summed E-state index contributed by atoms with van der Waals surface area (Å²) >= 11 is 6.63. The zero-order valence-electron chi connectivity index (χ0n) is 10.1. The Balaban J connectivity index is 2.38. The summed E-state index contributed by atoms with van der Waals surface area (Å²) in [4.78, 5) is 4.07. The Labute approximate surface area is 123 Å². The maximum Gasteiger partial charge on any atom is 0.417 e. The van der Waals surface area contributed by atoms with Crippen molar-refractivity contribution in [3.8, 4) is 0 Å². The van der Waals surface area contributed by atoms with Gasteiger partial charge in [-0.2, -0.15) is 13.2 Å². The molecule has 0 saturated carbocycles. The molecule has 1 aromatic heterocycles. The van der Waals surface area contributed by atoms with Crippen molar-refractivity contribution in [1.29, 1.82) is 0 Å². The van der Waals surface area contributed by atoms with Crippen LogP contribution in [0.15, 0.2) is 46.5 Å². The van der Waals surface area contributed by atoms with Crippen molar-refractivity contribution < 1.29 is 13.2 Å². The van der Waals surface area contributed by atoms with Crippen molar-refractivity contribution in [1.82, 2.24) is 4.98 Å². The summed E-state index contributed by atoms with van der Waals surface area (Å²) in [5.41, 5.74) is 5.11. The number of hydrogen-bond acceptors (Lipinski definition) is 3. The first-order chi connectivity index (χ1) is 9.40. The largest absolute Gasteiger partial charge is 0.417 e. The molecular formula is C13H10ClF3N2S. The Morgan fingerprint density at radius 3 is 2.50 bits per heavy atom. The van der Waals surface area contributed by atoms with Gasteiger partial charge in [0.25, 0.3) is 0 Å². The third kappa shape index (κ3) is 3.65. The lowest BCUT2D eigenvalue weighted by Crippen LogP contribution is -2.09. The van der Waals surface area contributed by atoms with Crippen LogP contribution in [0.25, 0.3) is 0 Å². The first-order valence-corrected chi connectivity index (χ1v) is 6.79. The van der Waals surface area contributed by atoms with E-state index in [1.54, 1.807) is 18.2 Å². The van der Waals surface area contributed by atoms with Gasteiger partial charge in [0.15, 0.2) is 0 Å². The predicted molar refractivity (Wildman–Crippen MR) is 72.7 cm³/mol. The third-order valence-corrected chi connectivity index (χ3v) is 3.75. The molecule has 2 N–H and O–H groups in total. The normalized spacial score (nSPS) is 11.7. The van der Waals surface area contributed by atoms with E-state index in [9.17, 15) is 13.2 Å². The third-order valence-electron chi connectivity index (χ3n) is 2.50. The molecule has 0 aliphatic heterocycles. The first kappa shape index (κ1) is 15.2. The standard InChI is InChI=1S/C13H10ClF3N2S/c14-9-2-4-12(19-7-9)20-11-3-1-8(6-18)5-10(11)13(15,16)17/h1-5,7H,6,18H2. The van der Waals surface area contributed by atoms with Gasteiger partial charge in [-0.1, -0.05) is 29.4 Å². The van der Waals surface area contributed by atoms with Gasteiger partial charge in [-0.05, 0) is 29.8 Å². The molecule has 2 nitrogen and oxygen atoms in total. The highest BCUT2D eigenvalue weighted by Crippen LogP contribution is 2.39. The average molecular weight is 319 g/mol. The Morgan fingerprint density at radius 2 is 1.95 bits per heavy atom. The zero-order valence-corrected chi connectivity index (χ0v) is 11.7. The molecule has 2 aromatic rings. The van der Waals surface area contributed by atoms with Crippen LogP contribution < -0.4 is 5.73 Å². The maximum atomic E-state index is 13.0. The smallest absolute Gasteiger partial charge is 0.326 e. The highest BCUT2D eigenvalue weighted by atomic mass is 35.5. The fourth-order valence-corrected chi connectivity index (χ4v) is 2.55. The van der Waals surface area contributed by atoms with Crippen molar-refractivity contribution in [2.75, 3.05) is 0 Å². The van der Waals surface area contributed by atoms with Crippen LogP contribution in [0.4, 0.5) is 13.2 Å². The molecule has 1 aromatic carbocycles. The van der Waals surface area contributed by atoms with Crippen LogP contribution in [0, 0.1) is 0 Å². The molecule has 2 rings (SSSR count). The highest BCUT2D eigenvalue weighted by Gasteiger charge is 2.33. The lowest BCUT2D eigenvalue weighted by Gasteiger charge is -2.13. The van der Waals surface area contributed by atoms with E-state index in [0.29, 0.717) is 15.6 Å². The van der Waals surface area contributed by atoms with Gasteiger partial charge in [-0.25, -0.2) is 4.98 Å². The second-order valence-electron chi connectivity index (χ2n) is 3.95. The second kappa shape index (κ2) is 6.03. The summed E-state index contributed by atoms with van der Waals surface area (Å²) in [5.74, 6) is 0. The number of alkyl halides is 3. The molecule has 0 atom stereocenters. The van der Waals surface area contributed by atoms with E-state index in [-0.39, 0.29) is 11.4 Å². The van der Waals surface area contributed by atoms with Gasteiger partial charge < -0.3 is 5.73 Å². The fourth-order valence-electron chi connectivity index (χ4n) is 1.55. The first-order valence-electron chi connectivity index (χ1n) is 5.60. The topological polar surface area (TPSA) is 38.9 Å². The van der Waals surface area contributed by atoms with E-state index >= 15 is 0 Å². The molecule has 1 heterocycles. The van der Waals surface area contributed by atoms with Crippen molar-refractivity contribution >= 4 is 23.4 Å². The second-order valence-corrected chi connectivity index (χ2v) is 5.45. The van der Waals surface area contributed by atoms with Gasteiger partial charge in [-0.3, -0.25) is 0 Å². The summed E-state index contributed by atoms with van der Waals surface area (Å²) in [6, 6.07) is 7.21. The van der Waals surface area contributed by atoms with E-state index in [1.165, 1.54) is 12.3 Å². The molecule has 0 unspecified atom stereocenters. The van der Waals surface area contributed by atoms with Crippen molar-refractivity contribution in [3.63, 3.8) is 0 Å². The minimum absolute atomic E-state index is 0.0627. The Morgan fingerprint density at radius 1 is 1.20 bits per heavy atom. The molecule has 7 heteroatoms. The number of hydrogen-bond donors (Lipinski definition) is 1. The van der Waals surface area contributed by atoms with Crippen LogP contribution in [0.1, 0.15) is 11.1 Å². The Hall–Kier alpha value is -1.24. The average Bonchev–Trinajstić information content (AvgIpc) is 2.40. The quantitative estimate of drug-likeness (QED) is 0.913. The van der Waals surface area contributed by atoms with Gasteiger partial charge in [-0.15, -0.1) is 0 Å². The maximum absolute atomic E-state index is 13.0. The van der Waals surface area contributed by atoms with Crippen LogP contribution in [0.3, 0.4) is 0 Å². The summed E-state index contributed by atoms with van der Waals surface area (Å²) in [5, 5.41) is 0.879. The molecule has 0 aliphatic carbocycles. The molecule has 106 valence electrons. The lowest BCUT2D eigenvalue weighted by molar-refractivity contribution is -0.139. The SMILES string of the molecule is NCc1ccc(Sc2ccc(Cl)cn2)c(C(F)(F)F)c1. The van der Waals surface area contributed by atoms with Crippen molar-refractivity contribution in [3.05, 3.63) is 52.7 Å². The zero-order chi connectivity index (χ0) is 14.8. The predicted octanol–water partition coefficient (Wildman–Crippen LogP) is 4.36. The monoisotopic (exact) mass is 318 g/mol. The van der Waals surface area contributed by atoms with Crippen LogP contribution >= 0.6 is 23.4 Å².